The van der Waals surface area contributed by atoms with Crippen molar-refractivity contribution in [1.82, 2.24) is 0 Å². The fourth-order valence-corrected chi connectivity index (χ4v) is 2.82. The van der Waals surface area contributed by atoms with Crippen LogP contribution in [0.25, 0.3) is 0 Å². The third-order valence-electron chi connectivity index (χ3n) is 4.53. The maximum Gasteiger partial charge on any atom is 0.305 e. The molecule has 0 saturated heterocycles. The largest absolute Gasteiger partial charge is 0.466 e. The lowest BCUT2D eigenvalue weighted by atomic mass is 10.1. The molecule has 0 atom stereocenters. The molecule has 0 bridgehead atoms. The van der Waals surface area contributed by atoms with E-state index >= 15 is 0 Å². The van der Waals surface area contributed by atoms with Crippen LogP contribution in [-0.4, -0.2) is 25.2 Å². The summed E-state index contributed by atoms with van der Waals surface area (Å²) in [6.07, 6.45) is 16.6. The first-order valence-corrected chi connectivity index (χ1v) is 11.0. The summed E-state index contributed by atoms with van der Waals surface area (Å²) in [6.45, 7) is 5.45. The number of rotatable bonds is 19. The lowest BCUT2D eigenvalue weighted by Crippen LogP contribution is -2.05. The van der Waals surface area contributed by atoms with Gasteiger partial charge in [-0.2, -0.15) is 0 Å². The number of unbranched alkanes of at least 4 members (excludes halogenated alkanes) is 11. The smallest absolute Gasteiger partial charge is 0.305 e. The van der Waals surface area contributed by atoms with E-state index < -0.39 is 0 Å². The van der Waals surface area contributed by atoms with Crippen LogP contribution in [0.4, 0.5) is 0 Å². The molecule has 154 valence electrons. The van der Waals surface area contributed by atoms with E-state index in [2.05, 4.69) is 13.8 Å². The van der Waals surface area contributed by atoms with Crippen LogP contribution < -0.4 is 0 Å². The van der Waals surface area contributed by atoms with E-state index in [0.717, 1.165) is 64.2 Å². The third kappa shape index (κ3) is 19.3. The van der Waals surface area contributed by atoms with E-state index in [9.17, 15) is 9.59 Å². The molecule has 0 radical (unpaired) electrons. The Labute approximate surface area is 161 Å². The maximum absolute atomic E-state index is 11.5. The molecule has 0 aromatic carbocycles. The monoisotopic (exact) mass is 370 g/mol. The summed E-state index contributed by atoms with van der Waals surface area (Å²) >= 11 is 0. The van der Waals surface area contributed by atoms with Crippen LogP contribution in [0.15, 0.2) is 0 Å². The van der Waals surface area contributed by atoms with Crippen LogP contribution in [-0.2, 0) is 19.1 Å². The molecular weight excluding hydrogens is 328 g/mol. The van der Waals surface area contributed by atoms with Crippen LogP contribution in [0.1, 0.15) is 117 Å². The molecule has 0 spiro atoms. The molecule has 0 fully saturated rings. The molecule has 0 rings (SSSR count). The fraction of sp³-hybridized carbons (Fsp3) is 0.909. The van der Waals surface area contributed by atoms with Crippen LogP contribution in [0.2, 0.25) is 0 Å². The van der Waals surface area contributed by atoms with Crippen molar-refractivity contribution in [3.8, 4) is 0 Å². The van der Waals surface area contributed by atoms with Crippen molar-refractivity contribution in [2.45, 2.75) is 117 Å². The second kappa shape index (κ2) is 20.3. The average Bonchev–Trinajstić information content (AvgIpc) is 2.64. The number of ether oxygens (including phenoxy) is 2. The standard InChI is InChI=1S/C22H42O4/c1-3-5-15-19-25-21(23)17-13-11-9-7-8-10-12-14-18-22(24)26-20-16-6-4-2/h3-20H2,1-2H3. The summed E-state index contributed by atoms with van der Waals surface area (Å²) in [5, 5.41) is 0. The Bertz CT molecular complexity index is 296. The summed E-state index contributed by atoms with van der Waals surface area (Å²) in [5.74, 6) is -0.0784. The maximum atomic E-state index is 11.5. The Hall–Kier alpha value is -1.06. The van der Waals surface area contributed by atoms with Gasteiger partial charge in [-0.05, 0) is 25.7 Å². The fourth-order valence-electron chi connectivity index (χ4n) is 2.82. The molecule has 0 aliphatic rings. The van der Waals surface area contributed by atoms with Crippen molar-refractivity contribution < 1.29 is 19.1 Å². The van der Waals surface area contributed by atoms with Gasteiger partial charge in [0.05, 0.1) is 13.2 Å². The Balaban J connectivity index is 3.21. The second-order valence-corrected chi connectivity index (χ2v) is 7.18. The van der Waals surface area contributed by atoms with E-state index in [1.54, 1.807) is 0 Å². The predicted molar refractivity (Wildman–Crippen MR) is 107 cm³/mol. The molecular formula is C22H42O4. The second-order valence-electron chi connectivity index (χ2n) is 7.18. The van der Waals surface area contributed by atoms with Crippen molar-refractivity contribution >= 4 is 11.9 Å². The van der Waals surface area contributed by atoms with Gasteiger partial charge >= 0.3 is 11.9 Å². The van der Waals surface area contributed by atoms with Gasteiger partial charge in [0.2, 0.25) is 0 Å². The van der Waals surface area contributed by atoms with Gasteiger partial charge in [0.15, 0.2) is 0 Å². The van der Waals surface area contributed by atoms with Gasteiger partial charge < -0.3 is 9.47 Å². The zero-order valence-electron chi connectivity index (χ0n) is 17.4. The Morgan fingerprint density at radius 2 is 0.846 bits per heavy atom. The number of esters is 2. The van der Waals surface area contributed by atoms with Gasteiger partial charge in [0.1, 0.15) is 0 Å². The molecule has 0 aromatic heterocycles. The first-order valence-electron chi connectivity index (χ1n) is 11.0. The zero-order chi connectivity index (χ0) is 19.3. The molecule has 0 N–H and O–H groups in total. The normalized spacial score (nSPS) is 10.7. The van der Waals surface area contributed by atoms with E-state index in [1.165, 1.54) is 25.7 Å². The topological polar surface area (TPSA) is 52.6 Å². The molecule has 0 aromatic rings. The SMILES string of the molecule is CCCCCOC(=O)CCCCCCCCCCC(=O)OCCCCC. The van der Waals surface area contributed by atoms with Crippen LogP contribution in [0.5, 0.6) is 0 Å². The Morgan fingerprint density at radius 3 is 1.19 bits per heavy atom. The summed E-state index contributed by atoms with van der Waals surface area (Å²) in [5.41, 5.74) is 0. The molecule has 4 nitrogen and oxygen atoms in total. The van der Waals surface area contributed by atoms with Gasteiger partial charge in [-0.1, -0.05) is 78.1 Å². The van der Waals surface area contributed by atoms with Gasteiger partial charge in [-0.25, -0.2) is 0 Å². The van der Waals surface area contributed by atoms with Gasteiger partial charge in [-0.15, -0.1) is 0 Å². The van der Waals surface area contributed by atoms with Crippen LogP contribution in [0.3, 0.4) is 0 Å². The molecule has 26 heavy (non-hydrogen) atoms. The van der Waals surface area contributed by atoms with E-state index in [4.69, 9.17) is 9.47 Å². The summed E-state index contributed by atoms with van der Waals surface area (Å²) < 4.78 is 10.4. The first-order chi connectivity index (χ1) is 12.7. The van der Waals surface area contributed by atoms with Crippen LogP contribution >= 0.6 is 0 Å². The van der Waals surface area contributed by atoms with Crippen molar-refractivity contribution in [3.05, 3.63) is 0 Å². The minimum Gasteiger partial charge on any atom is -0.466 e. The first kappa shape index (κ1) is 24.9. The number of carbonyl (C=O) groups is 2. The van der Waals surface area contributed by atoms with E-state index in [-0.39, 0.29) is 11.9 Å². The summed E-state index contributed by atoms with van der Waals surface area (Å²) in [6, 6.07) is 0. The molecule has 0 heterocycles. The highest BCUT2D eigenvalue weighted by Crippen LogP contribution is 2.11. The highest BCUT2D eigenvalue weighted by Gasteiger charge is 2.03. The highest BCUT2D eigenvalue weighted by molar-refractivity contribution is 5.69. The Morgan fingerprint density at radius 1 is 0.500 bits per heavy atom. The van der Waals surface area contributed by atoms with Crippen molar-refractivity contribution in [1.29, 1.82) is 0 Å². The molecule has 4 heteroatoms. The van der Waals surface area contributed by atoms with Crippen LogP contribution in [0, 0.1) is 0 Å². The highest BCUT2D eigenvalue weighted by atomic mass is 16.5. The quantitative estimate of drug-likeness (QED) is 0.196. The molecule has 0 aliphatic carbocycles. The lowest BCUT2D eigenvalue weighted by Gasteiger charge is -2.05. The van der Waals surface area contributed by atoms with Gasteiger partial charge in [0, 0.05) is 12.8 Å². The molecule has 0 aliphatic heterocycles. The minimum atomic E-state index is -0.0392. The van der Waals surface area contributed by atoms with Crippen molar-refractivity contribution in [2.75, 3.05) is 13.2 Å². The van der Waals surface area contributed by atoms with Crippen molar-refractivity contribution in [3.63, 3.8) is 0 Å². The minimum absolute atomic E-state index is 0.0392. The Kier molecular flexibility index (Phi) is 19.4. The van der Waals surface area contributed by atoms with Crippen molar-refractivity contribution in [2.24, 2.45) is 0 Å². The number of carbonyl (C=O) groups excluding carboxylic acids is 2. The number of hydrogen-bond donors (Lipinski definition) is 0. The van der Waals surface area contributed by atoms with Gasteiger partial charge in [0.25, 0.3) is 0 Å². The van der Waals surface area contributed by atoms with E-state index in [1.807, 2.05) is 0 Å². The molecule has 0 amide bonds. The lowest BCUT2D eigenvalue weighted by molar-refractivity contribution is -0.144. The molecule has 0 saturated carbocycles. The molecule has 0 unspecified atom stereocenters. The summed E-state index contributed by atoms with van der Waals surface area (Å²) in [4.78, 5) is 23.0. The predicted octanol–water partition coefficient (Wildman–Crippen LogP) is 6.35. The zero-order valence-corrected chi connectivity index (χ0v) is 17.4. The summed E-state index contributed by atoms with van der Waals surface area (Å²) in [7, 11) is 0. The average molecular weight is 371 g/mol. The van der Waals surface area contributed by atoms with E-state index in [0.29, 0.717) is 26.1 Å². The van der Waals surface area contributed by atoms with Gasteiger partial charge in [-0.3, -0.25) is 9.59 Å². The third-order valence-corrected chi connectivity index (χ3v) is 4.53. The number of hydrogen-bond acceptors (Lipinski definition) is 4.